The second kappa shape index (κ2) is 16.8. The molecule has 4 N–H and O–H groups in total. The topological polar surface area (TPSA) is 195 Å². The van der Waals surface area contributed by atoms with E-state index in [2.05, 4.69) is 20.6 Å². The van der Waals surface area contributed by atoms with E-state index in [0.29, 0.717) is 60.0 Å². The van der Waals surface area contributed by atoms with Crippen molar-refractivity contribution in [3.63, 3.8) is 0 Å². The van der Waals surface area contributed by atoms with Crippen molar-refractivity contribution in [1.29, 1.82) is 0 Å². The van der Waals surface area contributed by atoms with Gasteiger partial charge in [-0.15, -0.1) is 0 Å². The summed E-state index contributed by atoms with van der Waals surface area (Å²) >= 11 is 0. The minimum atomic E-state index is -1.00. The lowest BCUT2D eigenvalue weighted by Gasteiger charge is -2.33. The van der Waals surface area contributed by atoms with E-state index in [4.69, 9.17) is 15.6 Å². The molecular weight excluding hydrogens is 739 g/mol. The highest BCUT2D eigenvalue weighted by Crippen LogP contribution is 2.36. The zero-order chi connectivity index (χ0) is 40.2. The van der Waals surface area contributed by atoms with Crippen molar-refractivity contribution in [3.05, 3.63) is 90.3 Å². The molecule has 298 valence electrons. The highest BCUT2D eigenvalue weighted by atomic mass is 16.5. The molecule has 0 radical (unpaired) electrons. The number of para-hydroxylation sites is 1. The molecular formula is C43H45N9O6. The van der Waals surface area contributed by atoms with Crippen LogP contribution in [0.3, 0.4) is 0 Å². The van der Waals surface area contributed by atoms with Crippen LogP contribution in [0.15, 0.2) is 79.1 Å². The van der Waals surface area contributed by atoms with Crippen molar-refractivity contribution >= 4 is 52.1 Å². The van der Waals surface area contributed by atoms with Crippen molar-refractivity contribution < 1.29 is 28.7 Å². The smallest absolute Gasteiger partial charge is 0.264 e. The quantitative estimate of drug-likeness (QED) is 0.0899. The second-order valence-corrected chi connectivity index (χ2v) is 14.9. The molecule has 5 amide bonds. The van der Waals surface area contributed by atoms with Gasteiger partial charge in [0.25, 0.3) is 11.8 Å². The largest absolute Gasteiger partial charge is 0.457 e. The van der Waals surface area contributed by atoms with E-state index < -0.39 is 29.7 Å². The van der Waals surface area contributed by atoms with Crippen LogP contribution in [0.4, 0.5) is 11.5 Å². The number of amides is 5. The summed E-state index contributed by atoms with van der Waals surface area (Å²) in [6.07, 6.45) is 8.24. The summed E-state index contributed by atoms with van der Waals surface area (Å²) in [7, 11) is 0. The van der Waals surface area contributed by atoms with Gasteiger partial charge in [-0.05, 0) is 80.6 Å². The third-order valence-electron chi connectivity index (χ3n) is 11.1. The van der Waals surface area contributed by atoms with Gasteiger partial charge in [-0.3, -0.25) is 34.2 Å². The Morgan fingerprint density at radius 1 is 0.862 bits per heavy atom. The first kappa shape index (κ1) is 38.2. The summed E-state index contributed by atoms with van der Waals surface area (Å²) in [4.78, 5) is 75.7. The number of unbranched alkanes of at least 4 members (excludes halogenated alkanes) is 4. The van der Waals surface area contributed by atoms with Gasteiger partial charge in [0.15, 0.2) is 5.65 Å². The van der Waals surface area contributed by atoms with Gasteiger partial charge in [0, 0.05) is 43.7 Å². The average Bonchev–Trinajstić information content (AvgIpc) is 3.75. The second-order valence-electron chi connectivity index (χ2n) is 14.9. The third-order valence-corrected chi connectivity index (χ3v) is 11.1. The minimum absolute atomic E-state index is 0.0591. The predicted molar refractivity (Wildman–Crippen MR) is 216 cm³/mol. The third kappa shape index (κ3) is 7.84. The zero-order valence-electron chi connectivity index (χ0n) is 32.1. The molecule has 3 aliphatic heterocycles. The molecule has 15 heteroatoms. The van der Waals surface area contributed by atoms with Gasteiger partial charge in [0.05, 0.1) is 22.6 Å². The maximum Gasteiger partial charge on any atom is 0.264 e. The Morgan fingerprint density at radius 3 is 2.45 bits per heavy atom. The van der Waals surface area contributed by atoms with Gasteiger partial charge in [0.2, 0.25) is 17.7 Å². The number of fused-ring (bicyclic) bond motifs is 2. The summed E-state index contributed by atoms with van der Waals surface area (Å²) in [5, 5.41) is 11.2. The number of nitrogens with two attached hydrogens (primary N) is 1. The molecule has 1 unspecified atom stereocenters. The number of ether oxygens (including phenoxy) is 1. The molecule has 58 heavy (non-hydrogen) atoms. The van der Waals surface area contributed by atoms with E-state index in [-0.39, 0.29) is 35.9 Å². The van der Waals surface area contributed by atoms with E-state index >= 15 is 0 Å². The Balaban J connectivity index is 0.806. The number of nitrogens with zero attached hydrogens (tertiary/aromatic N) is 6. The van der Waals surface area contributed by atoms with Crippen molar-refractivity contribution in [2.24, 2.45) is 0 Å². The lowest BCUT2D eigenvalue weighted by Crippen LogP contribution is -2.54. The number of rotatable bonds is 14. The molecule has 3 aromatic carbocycles. The van der Waals surface area contributed by atoms with Crippen LogP contribution < -0.4 is 21.1 Å². The standard InChI is InChI=1S/C43H45N9O6/c44-39-37-38(27-17-19-30(20-18-27)58-29-12-5-4-6-13-29)49-52(40(37)47-26-46-39)28-11-10-24-50(25-28)35(54)16-7-2-1-3-8-23-45-32-15-9-14-31-36(32)43(57)51(42(31)56)33-21-22-34(53)48-41(33)55/h4-6,9,12-15,17-20,26,28,33,45H,1-3,7-8,10-11,16,21-25H2,(H2,44,46,47)(H,48,53,55)/t28-,33?/m1/s1. The molecule has 2 aromatic heterocycles. The number of hydrogen-bond acceptors (Lipinski definition) is 11. The van der Waals surface area contributed by atoms with Crippen LogP contribution in [0, 0.1) is 0 Å². The summed E-state index contributed by atoms with van der Waals surface area (Å²) in [6, 6.07) is 21.3. The SMILES string of the molecule is Nc1ncnc2c1c(-c1ccc(Oc3ccccc3)cc1)nn2[C@@H]1CCCN(C(=O)CCCCCCCNc2cccc3c2C(=O)N(C2CCC(=O)NC2=O)C3=O)C1. The van der Waals surface area contributed by atoms with Gasteiger partial charge in [-0.2, -0.15) is 5.10 Å². The molecule has 5 aromatic rings. The van der Waals surface area contributed by atoms with Crippen molar-refractivity contribution in [1.82, 2.24) is 34.9 Å². The Bertz CT molecular complexity index is 2360. The summed E-state index contributed by atoms with van der Waals surface area (Å²) in [5.41, 5.74) is 9.65. The molecule has 5 heterocycles. The van der Waals surface area contributed by atoms with Crippen LogP contribution in [0.5, 0.6) is 11.5 Å². The number of piperidine rings is 2. The first-order valence-corrected chi connectivity index (χ1v) is 19.9. The molecule has 0 bridgehead atoms. The molecule has 3 aliphatic rings. The normalized spacial score (nSPS) is 18.1. The average molecular weight is 784 g/mol. The van der Waals surface area contributed by atoms with E-state index in [0.717, 1.165) is 61.2 Å². The Labute approximate surface area is 334 Å². The lowest BCUT2D eigenvalue weighted by atomic mass is 10.0. The summed E-state index contributed by atoms with van der Waals surface area (Å²) < 4.78 is 7.89. The monoisotopic (exact) mass is 783 g/mol. The van der Waals surface area contributed by atoms with Crippen molar-refractivity contribution in [3.8, 4) is 22.8 Å². The number of nitrogen functional groups attached to an aromatic ring is 1. The molecule has 0 spiro atoms. The van der Waals surface area contributed by atoms with E-state index in [9.17, 15) is 24.0 Å². The number of aromatic nitrogens is 4. The highest BCUT2D eigenvalue weighted by Gasteiger charge is 2.45. The van der Waals surface area contributed by atoms with E-state index in [1.54, 1.807) is 18.2 Å². The van der Waals surface area contributed by atoms with Gasteiger partial charge in [0.1, 0.15) is 35.4 Å². The van der Waals surface area contributed by atoms with Crippen molar-refractivity contribution in [2.45, 2.75) is 76.3 Å². The Kier molecular flexibility index (Phi) is 11.1. The molecule has 8 rings (SSSR count). The molecule has 0 saturated carbocycles. The molecule has 0 aliphatic carbocycles. The van der Waals surface area contributed by atoms with Gasteiger partial charge in [-0.1, -0.05) is 43.5 Å². The predicted octanol–water partition coefficient (Wildman–Crippen LogP) is 5.89. The summed E-state index contributed by atoms with van der Waals surface area (Å²) in [5.74, 6) is -0.152. The van der Waals surface area contributed by atoms with Gasteiger partial charge >= 0.3 is 0 Å². The van der Waals surface area contributed by atoms with Crippen LogP contribution in [0.1, 0.15) is 91.0 Å². The van der Waals surface area contributed by atoms with Crippen LogP contribution in [0.25, 0.3) is 22.3 Å². The van der Waals surface area contributed by atoms with E-state index in [1.807, 2.05) is 64.2 Å². The van der Waals surface area contributed by atoms with Crippen LogP contribution in [-0.4, -0.2) is 84.8 Å². The molecule has 2 saturated heterocycles. The lowest BCUT2D eigenvalue weighted by molar-refractivity contribution is -0.136. The Morgan fingerprint density at radius 2 is 1.64 bits per heavy atom. The fourth-order valence-electron chi connectivity index (χ4n) is 8.11. The number of anilines is 2. The number of likely N-dealkylation sites (tertiary alicyclic amines) is 1. The van der Waals surface area contributed by atoms with Crippen molar-refractivity contribution in [2.75, 3.05) is 30.7 Å². The van der Waals surface area contributed by atoms with Gasteiger partial charge in [-0.25, -0.2) is 14.6 Å². The van der Waals surface area contributed by atoms with Crippen LogP contribution >= 0.6 is 0 Å². The number of hydrogen-bond donors (Lipinski definition) is 3. The fraction of sp³-hybridized carbons (Fsp3) is 0.349. The maximum atomic E-state index is 13.4. The fourth-order valence-corrected chi connectivity index (χ4v) is 8.11. The number of carbonyl (C=O) groups is 5. The molecule has 2 fully saturated rings. The number of benzene rings is 3. The van der Waals surface area contributed by atoms with E-state index in [1.165, 1.54) is 6.33 Å². The minimum Gasteiger partial charge on any atom is -0.457 e. The Hall–Kier alpha value is -6.64. The number of imide groups is 2. The first-order chi connectivity index (χ1) is 28.3. The number of nitrogens with one attached hydrogen (secondary N) is 2. The van der Waals surface area contributed by atoms with Crippen LogP contribution in [0.2, 0.25) is 0 Å². The van der Waals surface area contributed by atoms with Crippen LogP contribution in [-0.2, 0) is 14.4 Å². The molecule has 2 atom stereocenters. The summed E-state index contributed by atoms with van der Waals surface area (Å²) in [6.45, 7) is 1.84. The number of carbonyl (C=O) groups excluding carboxylic acids is 5. The maximum absolute atomic E-state index is 13.4. The first-order valence-electron chi connectivity index (χ1n) is 19.9. The molecule has 15 nitrogen and oxygen atoms in total. The highest BCUT2D eigenvalue weighted by molar-refractivity contribution is 6.25. The zero-order valence-corrected chi connectivity index (χ0v) is 32.1. The van der Waals surface area contributed by atoms with Gasteiger partial charge < -0.3 is 20.7 Å².